The third-order valence-electron chi connectivity index (χ3n) is 8.03. The first-order valence-corrected chi connectivity index (χ1v) is 15.2. The molecule has 3 aromatic carbocycles. The zero-order valence-corrected chi connectivity index (χ0v) is 26.0. The van der Waals surface area contributed by atoms with E-state index in [2.05, 4.69) is 60.6 Å². The van der Waals surface area contributed by atoms with Crippen molar-refractivity contribution >= 4 is 28.2 Å². The number of hydrogen-bond donors (Lipinski definition) is 2. The topological polar surface area (TPSA) is 99.5 Å². The maximum absolute atomic E-state index is 13.2. The second kappa shape index (κ2) is 13.9. The van der Waals surface area contributed by atoms with Crippen LogP contribution in [0.3, 0.4) is 0 Å². The Balaban J connectivity index is 1.33. The van der Waals surface area contributed by atoms with Gasteiger partial charge in [0.2, 0.25) is 0 Å². The lowest BCUT2D eigenvalue weighted by atomic mass is 9.87. The number of carbonyl (C=O) groups excluding carboxylic acids is 1. The minimum Gasteiger partial charge on any atom is -0.495 e. The van der Waals surface area contributed by atoms with Gasteiger partial charge in [0.15, 0.2) is 0 Å². The number of anilines is 2. The van der Waals surface area contributed by atoms with E-state index in [9.17, 15) is 4.79 Å². The molecule has 1 aromatic heterocycles. The molecule has 1 aliphatic rings. The monoisotopic (exact) mass is 591 g/mol. The number of rotatable bonds is 10. The number of carbonyl (C=O) groups is 1. The number of nitrogens with one attached hydrogen (secondary N) is 2. The van der Waals surface area contributed by atoms with Crippen LogP contribution in [0.4, 0.5) is 16.2 Å². The number of nitriles is 1. The van der Waals surface area contributed by atoms with Crippen molar-refractivity contribution in [2.24, 2.45) is 0 Å². The number of fused-ring (bicyclic) bond motifs is 1. The first-order valence-electron chi connectivity index (χ1n) is 15.2. The highest BCUT2D eigenvalue weighted by molar-refractivity contribution is 6.10. The highest BCUT2D eigenvalue weighted by atomic mass is 16.5. The fourth-order valence-corrected chi connectivity index (χ4v) is 5.63. The summed E-state index contributed by atoms with van der Waals surface area (Å²) in [7, 11) is 1.60. The average Bonchev–Trinajstić information content (AvgIpc) is 3.53. The molecule has 0 bridgehead atoms. The summed E-state index contributed by atoms with van der Waals surface area (Å²) in [6, 6.07) is 23.9. The van der Waals surface area contributed by atoms with Gasteiger partial charge in [0, 0.05) is 49.8 Å². The van der Waals surface area contributed by atoms with Gasteiger partial charge >= 0.3 is 6.03 Å². The van der Waals surface area contributed by atoms with Gasteiger partial charge < -0.3 is 20.1 Å². The van der Waals surface area contributed by atoms with Gasteiger partial charge in [0.1, 0.15) is 5.75 Å². The normalized spacial score (nSPS) is 14.9. The van der Waals surface area contributed by atoms with Crippen molar-refractivity contribution in [3.63, 3.8) is 0 Å². The Bertz CT molecular complexity index is 1630. The largest absolute Gasteiger partial charge is 0.495 e. The molecule has 8 heteroatoms. The number of ether oxygens (including phenoxy) is 2. The van der Waals surface area contributed by atoms with Crippen molar-refractivity contribution in [2.75, 3.05) is 37.4 Å². The Hall–Kier alpha value is -4.45. The van der Waals surface area contributed by atoms with E-state index in [1.807, 2.05) is 54.7 Å². The Morgan fingerprint density at radius 2 is 1.86 bits per heavy atom. The van der Waals surface area contributed by atoms with E-state index in [4.69, 9.17) is 19.7 Å². The summed E-state index contributed by atoms with van der Waals surface area (Å²) in [5, 5.41) is 17.1. The predicted molar refractivity (Wildman–Crippen MR) is 176 cm³/mol. The molecule has 1 aliphatic heterocycles. The SMILES string of the molecule is COc1ccc(C(C)(C)C)cc1NC(=O)Nc1ccc(-c2ccc(CN(CCC#N)CC3CCCO3)nc2)c2ccccc12. The second-order valence-corrected chi connectivity index (χ2v) is 12.3. The van der Waals surface area contributed by atoms with Gasteiger partial charge in [-0.1, -0.05) is 63.2 Å². The number of aromatic nitrogens is 1. The molecule has 1 unspecified atom stereocenters. The second-order valence-electron chi connectivity index (χ2n) is 12.3. The number of methoxy groups -OCH3 is 1. The molecule has 5 rings (SSSR count). The Morgan fingerprint density at radius 3 is 2.55 bits per heavy atom. The van der Waals surface area contributed by atoms with Crippen LogP contribution in [0, 0.1) is 11.3 Å². The molecule has 44 heavy (non-hydrogen) atoms. The standard InChI is InChI=1S/C36H41N5O3/c1-36(2,3)26-13-17-34(43-4)33(21-26)40-35(42)39-32-16-15-29(30-10-5-6-11-31(30)32)25-12-14-27(38-22-25)23-41(19-8-18-37)24-28-9-7-20-44-28/h5-6,10-17,21-22,28H,7-9,19-20,23-24H2,1-4H3,(H2,39,40,42). The zero-order valence-electron chi connectivity index (χ0n) is 26.0. The highest BCUT2D eigenvalue weighted by Gasteiger charge is 2.20. The summed E-state index contributed by atoms with van der Waals surface area (Å²) in [6.07, 6.45) is 4.76. The van der Waals surface area contributed by atoms with Crippen molar-refractivity contribution in [3.8, 4) is 22.9 Å². The van der Waals surface area contributed by atoms with E-state index in [0.717, 1.165) is 59.2 Å². The fraction of sp³-hybridized carbons (Fsp3) is 0.361. The van der Waals surface area contributed by atoms with E-state index in [1.165, 1.54) is 0 Å². The molecule has 0 saturated carbocycles. The molecule has 0 aliphatic carbocycles. The molecular weight excluding hydrogens is 550 g/mol. The molecule has 228 valence electrons. The van der Waals surface area contributed by atoms with Crippen LogP contribution in [0.2, 0.25) is 0 Å². The zero-order chi connectivity index (χ0) is 31.1. The molecular formula is C36H41N5O3. The van der Waals surface area contributed by atoms with Gasteiger partial charge in [-0.2, -0.15) is 5.26 Å². The van der Waals surface area contributed by atoms with Gasteiger partial charge in [0.25, 0.3) is 0 Å². The summed E-state index contributed by atoms with van der Waals surface area (Å²) >= 11 is 0. The van der Waals surface area contributed by atoms with Crippen LogP contribution in [0.25, 0.3) is 21.9 Å². The van der Waals surface area contributed by atoms with Crippen molar-refractivity contribution in [1.29, 1.82) is 5.26 Å². The van der Waals surface area contributed by atoms with Crippen LogP contribution in [-0.2, 0) is 16.7 Å². The van der Waals surface area contributed by atoms with E-state index in [-0.39, 0.29) is 17.6 Å². The Kier molecular flexibility index (Phi) is 9.78. The fourth-order valence-electron chi connectivity index (χ4n) is 5.63. The van der Waals surface area contributed by atoms with Gasteiger partial charge in [-0.3, -0.25) is 9.88 Å². The smallest absolute Gasteiger partial charge is 0.323 e. The van der Waals surface area contributed by atoms with Crippen molar-refractivity contribution < 1.29 is 14.3 Å². The maximum atomic E-state index is 13.2. The average molecular weight is 592 g/mol. The summed E-state index contributed by atoms with van der Waals surface area (Å²) in [5.74, 6) is 0.601. The molecule has 2 N–H and O–H groups in total. The van der Waals surface area contributed by atoms with Gasteiger partial charge in [-0.25, -0.2) is 4.79 Å². The van der Waals surface area contributed by atoms with E-state index >= 15 is 0 Å². The summed E-state index contributed by atoms with van der Waals surface area (Å²) < 4.78 is 11.3. The third-order valence-corrected chi connectivity index (χ3v) is 8.03. The van der Waals surface area contributed by atoms with Crippen LogP contribution in [0.5, 0.6) is 5.75 Å². The van der Waals surface area contributed by atoms with E-state index < -0.39 is 0 Å². The van der Waals surface area contributed by atoms with Crippen LogP contribution >= 0.6 is 0 Å². The number of nitrogens with zero attached hydrogens (tertiary/aromatic N) is 3. The first-order chi connectivity index (χ1) is 21.2. The lowest BCUT2D eigenvalue weighted by Gasteiger charge is -2.24. The lowest BCUT2D eigenvalue weighted by Crippen LogP contribution is -2.32. The highest BCUT2D eigenvalue weighted by Crippen LogP contribution is 2.34. The Labute approximate surface area is 260 Å². The Morgan fingerprint density at radius 1 is 1.07 bits per heavy atom. The molecule has 0 spiro atoms. The number of pyridine rings is 1. The van der Waals surface area contributed by atoms with Crippen molar-refractivity contribution in [3.05, 3.63) is 84.2 Å². The number of amides is 2. The minimum absolute atomic E-state index is 0.0700. The third kappa shape index (κ3) is 7.54. The molecule has 2 amide bonds. The van der Waals surface area contributed by atoms with E-state index in [0.29, 0.717) is 36.6 Å². The molecule has 1 fully saturated rings. The predicted octanol–water partition coefficient (Wildman–Crippen LogP) is 7.75. The van der Waals surface area contributed by atoms with Crippen LogP contribution in [-0.4, -0.2) is 48.8 Å². The summed E-state index contributed by atoms with van der Waals surface area (Å²) in [5.41, 5.74) is 5.33. The van der Waals surface area contributed by atoms with Gasteiger partial charge in [-0.05, 0) is 59.0 Å². The molecule has 8 nitrogen and oxygen atoms in total. The minimum atomic E-state index is -0.345. The van der Waals surface area contributed by atoms with Crippen molar-refractivity contribution in [2.45, 2.75) is 58.1 Å². The van der Waals surface area contributed by atoms with Gasteiger partial charge in [0.05, 0.1) is 36.4 Å². The molecule has 1 saturated heterocycles. The maximum Gasteiger partial charge on any atom is 0.323 e. The van der Waals surface area contributed by atoms with Crippen LogP contribution in [0.15, 0.2) is 72.9 Å². The first kappa shape index (κ1) is 31.0. The summed E-state index contributed by atoms with van der Waals surface area (Å²) in [6.45, 7) is 9.39. The number of hydrogen-bond acceptors (Lipinski definition) is 6. The number of urea groups is 1. The molecule has 0 radical (unpaired) electrons. The lowest BCUT2D eigenvalue weighted by molar-refractivity contribution is 0.0709. The molecule has 4 aromatic rings. The van der Waals surface area contributed by atoms with Crippen LogP contribution < -0.4 is 15.4 Å². The van der Waals surface area contributed by atoms with Gasteiger partial charge in [-0.15, -0.1) is 0 Å². The summed E-state index contributed by atoms with van der Waals surface area (Å²) in [4.78, 5) is 20.2. The molecule has 1 atom stereocenters. The van der Waals surface area contributed by atoms with Crippen LogP contribution in [0.1, 0.15) is 51.3 Å². The number of benzene rings is 3. The quantitative estimate of drug-likeness (QED) is 0.196. The van der Waals surface area contributed by atoms with E-state index in [1.54, 1.807) is 7.11 Å². The molecule has 2 heterocycles. The van der Waals surface area contributed by atoms with Crippen molar-refractivity contribution in [1.82, 2.24) is 9.88 Å².